The maximum Gasteiger partial charge on any atom is 0.178 e. The number of rotatable bonds is 5. The maximum absolute atomic E-state index is 9.21. The molecule has 0 spiro atoms. The summed E-state index contributed by atoms with van der Waals surface area (Å²) in [6.07, 6.45) is 0. The van der Waals surface area contributed by atoms with Crippen LogP contribution >= 0.6 is 24.0 Å². The number of thioether (sulfide) groups is 1. The lowest BCUT2D eigenvalue weighted by Crippen LogP contribution is -2.01. The Hall–Kier alpha value is -2.81. The predicted molar refractivity (Wildman–Crippen MR) is 113 cm³/mol. The first-order valence-electron chi connectivity index (χ1n) is 8.62. The van der Waals surface area contributed by atoms with Crippen molar-refractivity contribution in [1.29, 1.82) is 5.26 Å². The quantitative estimate of drug-likeness (QED) is 0.342. The number of hydrogen-bond donors (Lipinski definition) is 1. The van der Waals surface area contributed by atoms with Crippen molar-refractivity contribution >= 4 is 35.0 Å². The molecule has 5 heteroatoms. The van der Waals surface area contributed by atoms with Crippen molar-refractivity contribution in [2.45, 2.75) is 17.2 Å². The van der Waals surface area contributed by atoms with E-state index in [9.17, 15) is 5.26 Å². The van der Waals surface area contributed by atoms with Crippen LogP contribution in [0.1, 0.15) is 16.7 Å². The summed E-state index contributed by atoms with van der Waals surface area (Å²) in [5.41, 5.74) is 5.07. The van der Waals surface area contributed by atoms with Crippen LogP contribution in [0.25, 0.3) is 11.0 Å². The second-order valence-electron chi connectivity index (χ2n) is 6.24. The van der Waals surface area contributed by atoms with Crippen molar-refractivity contribution in [2.75, 3.05) is 0 Å². The third-order valence-electron chi connectivity index (χ3n) is 4.44. The Morgan fingerprint density at radius 3 is 2.59 bits per heavy atom. The molecule has 0 unspecified atom stereocenters. The van der Waals surface area contributed by atoms with Crippen molar-refractivity contribution in [3.63, 3.8) is 0 Å². The molecule has 0 aliphatic rings. The highest BCUT2D eigenvalue weighted by Crippen LogP contribution is 2.28. The van der Waals surface area contributed by atoms with E-state index in [0.29, 0.717) is 16.9 Å². The molecule has 3 nitrogen and oxygen atoms in total. The van der Waals surface area contributed by atoms with Gasteiger partial charge in [0.25, 0.3) is 0 Å². The molecule has 0 aliphatic heterocycles. The first kappa shape index (κ1) is 17.6. The molecule has 132 valence electrons. The molecule has 4 rings (SSSR count). The molecule has 0 radical (unpaired) electrons. The fourth-order valence-corrected chi connectivity index (χ4v) is 4.34. The second-order valence-corrected chi connectivity index (χ2v) is 7.65. The number of benzene rings is 3. The maximum atomic E-state index is 9.21. The topological polar surface area (TPSA) is 44.5 Å². The highest BCUT2D eigenvalue weighted by molar-refractivity contribution is 7.98. The van der Waals surface area contributed by atoms with Gasteiger partial charge in [-0.1, -0.05) is 48.5 Å². The average Bonchev–Trinajstić information content (AvgIpc) is 3.02. The van der Waals surface area contributed by atoms with E-state index in [2.05, 4.69) is 64.2 Å². The van der Waals surface area contributed by atoms with Gasteiger partial charge in [0.15, 0.2) is 4.77 Å². The molecule has 4 aromatic rings. The Morgan fingerprint density at radius 2 is 1.78 bits per heavy atom. The Labute approximate surface area is 167 Å². The summed E-state index contributed by atoms with van der Waals surface area (Å²) in [5, 5.41) is 9.21. The highest BCUT2D eigenvalue weighted by Gasteiger charge is 2.09. The first-order chi connectivity index (χ1) is 13.2. The van der Waals surface area contributed by atoms with Gasteiger partial charge in [0.1, 0.15) is 0 Å². The minimum Gasteiger partial charge on any atom is -0.331 e. The van der Waals surface area contributed by atoms with E-state index >= 15 is 0 Å². The van der Waals surface area contributed by atoms with Crippen molar-refractivity contribution in [3.05, 3.63) is 94.3 Å². The molecule has 0 amide bonds. The van der Waals surface area contributed by atoms with Gasteiger partial charge in [0.2, 0.25) is 0 Å². The van der Waals surface area contributed by atoms with E-state index in [1.165, 1.54) is 16.0 Å². The van der Waals surface area contributed by atoms with Gasteiger partial charge < -0.3 is 9.55 Å². The number of imidazole rings is 1. The van der Waals surface area contributed by atoms with Crippen LogP contribution in [0.3, 0.4) is 0 Å². The van der Waals surface area contributed by atoms with Crippen molar-refractivity contribution in [2.24, 2.45) is 0 Å². The minimum atomic E-state index is 0.636. The third-order valence-corrected chi connectivity index (χ3v) is 5.95. The largest absolute Gasteiger partial charge is 0.331 e. The van der Waals surface area contributed by atoms with Crippen LogP contribution in [0, 0.1) is 16.1 Å². The lowest BCUT2D eigenvalue weighted by molar-refractivity contribution is 0.796. The number of nitrogens with zero attached hydrogens (tertiary/aromatic N) is 2. The minimum absolute atomic E-state index is 0.636. The van der Waals surface area contributed by atoms with Crippen LogP contribution in [-0.2, 0) is 12.3 Å². The van der Waals surface area contributed by atoms with Gasteiger partial charge in [-0.05, 0) is 47.6 Å². The Bertz CT molecular complexity index is 1180. The molecular formula is C22H17N3S2. The summed E-state index contributed by atoms with van der Waals surface area (Å²) in [7, 11) is 0. The molecule has 0 saturated carbocycles. The van der Waals surface area contributed by atoms with Crippen molar-refractivity contribution in [3.8, 4) is 6.07 Å². The fourth-order valence-electron chi connectivity index (χ4n) is 3.06. The summed E-state index contributed by atoms with van der Waals surface area (Å²) < 4.78 is 2.73. The van der Waals surface area contributed by atoms with E-state index in [-0.39, 0.29) is 0 Å². The highest BCUT2D eigenvalue weighted by atomic mass is 32.2. The SMILES string of the molecule is N#Cc1ccc2[nH]c(=S)n(Cc3ccccc3SCc3ccccc3)c2c1. The summed E-state index contributed by atoms with van der Waals surface area (Å²) in [4.78, 5) is 4.48. The molecule has 0 atom stereocenters. The third kappa shape index (κ3) is 3.82. The molecule has 3 aromatic carbocycles. The van der Waals surface area contributed by atoms with Crippen LogP contribution in [0.5, 0.6) is 0 Å². The summed E-state index contributed by atoms with van der Waals surface area (Å²) >= 11 is 7.36. The zero-order valence-corrected chi connectivity index (χ0v) is 16.2. The van der Waals surface area contributed by atoms with Crippen molar-refractivity contribution < 1.29 is 0 Å². The molecule has 0 saturated heterocycles. The molecule has 1 aromatic heterocycles. The Kier molecular flexibility index (Phi) is 5.10. The van der Waals surface area contributed by atoms with Crippen LogP contribution in [-0.4, -0.2) is 9.55 Å². The summed E-state index contributed by atoms with van der Waals surface area (Å²) in [6, 6.07) is 26.7. The molecule has 0 bridgehead atoms. The normalized spacial score (nSPS) is 10.8. The number of nitrogens with one attached hydrogen (secondary N) is 1. The second kappa shape index (κ2) is 7.83. The number of fused-ring (bicyclic) bond motifs is 1. The van der Waals surface area contributed by atoms with Crippen LogP contribution in [0.15, 0.2) is 77.7 Å². The lowest BCUT2D eigenvalue weighted by Gasteiger charge is -2.11. The smallest absolute Gasteiger partial charge is 0.178 e. The molecule has 0 fully saturated rings. The molecule has 0 aliphatic carbocycles. The molecule has 27 heavy (non-hydrogen) atoms. The standard InChI is InChI=1S/C22H17N3S2/c23-13-17-10-11-19-20(12-17)25(22(26)24-19)14-18-8-4-5-9-21(18)27-15-16-6-2-1-3-7-16/h1-12H,14-15H2,(H,24,26). The van der Waals surface area contributed by atoms with Gasteiger partial charge in [0.05, 0.1) is 29.2 Å². The van der Waals surface area contributed by atoms with Crippen LogP contribution < -0.4 is 0 Å². The number of aromatic amines is 1. The first-order valence-corrected chi connectivity index (χ1v) is 10.0. The Balaban J connectivity index is 1.66. The summed E-state index contributed by atoms with van der Waals surface area (Å²) in [6.45, 7) is 0.672. The van der Waals surface area contributed by atoms with Crippen LogP contribution in [0.4, 0.5) is 0 Å². The number of hydrogen-bond acceptors (Lipinski definition) is 3. The van der Waals surface area contributed by atoms with E-state index in [4.69, 9.17) is 12.2 Å². The van der Waals surface area contributed by atoms with Gasteiger partial charge in [-0.15, -0.1) is 11.8 Å². The Morgan fingerprint density at radius 1 is 1.00 bits per heavy atom. The van der Waals surface area contributed by atoms with E-state index in [0.717, 1.165) is 16.8 Å². The number of nitriles is 1. The fraction of sp³-hybridized carbons (Fsp3) is 0.0909. The van der Waals surface area contributed by atoms with Gasteiger partial charge in [-0.25, -0.2) is 0 Å². The van der Waals surface area contributed by atoms with Gasteiger partial charge in [0, 0.05) is 10.6 Å². The number of H-pyrrole nitrogens is 1. The monoisotopic (exact) mass is 387 g/mol. The van der Waals surface area contributed by atoms with Gasteiger partial charge in [-0.3, -0.25) is 0 Å². The zero-order valence-electron chi connectivity index (χ0n) is 14.6. The summed E-state index contributed by atoms with van der Waals surface area (Å²) in [5.74, 6) is 0.926. The zero-order chi connectivity index (χ0) is 18.6. The lowest BCUT2D eigenvalue weighted by atomic mass is 10.2. The number of aromatic nitrogens is 2. The van der Waals surface area contributed by atoms with Gasteiger partial charge in [-0.2, -0.15) is 5.26 Å². The van der Waals surface area contributed by atoms with E-state index in [1.54, 1.807) is 0 Å². The van der Waals surface area contributed by atoms with E-state index in [1.807, 2.05) is 36.0 Å². The predicted octanol–water partition coefficient (Wildman–Crippen LogP) is 5.91. The van der Waals surface area contributed by atoms with Crippen LogP contribution in [0.2, 0.25) is 0 Å². The molecule has 1 N–H and O–H groups in total. The van der Waals surface area contributed by atoms with E-state index < -0.39 is 0 Å². The molecule has 1 heterocycles. The van der Waals surface area contributed by atoms with Crippen molar-refractivity contribution in [1.82, 2.24) is 9.55 Å². The van der Waals surface area contributed by atoms with Gasteiger partial charge >= 0.3 is 0 Å². The average molecular weight is 388 g/mol. The molecular weight excluding hydrogens is 370 g/mol.